The van der Waals surface area contributed by atoms with Crippen LogP contribution >= 0.6 is 11.3 Å². The van der Waals surface area contributed by atoms with Crippen LogP contribution in [-0.4, -0.2) is 35.8 Å². The summed E-state index contributed by atoms with van der Waals surface area (Å²) >= 11 is 1.26. The zero-order valence-corrected chi connectivity index (χ0v) is 13.7. The molecule has 1 unspecified atom stereocenters. The second-order valence-electron chi connectivity index (χ2n) is 5.40. The lowest BCUT2D eigenvalue weighted by Gasteiger charge is -2.31. The number of piperidine rings is 1. The Morgan fingerprint density at radius 1 is 1.36 bits per heavy atom. The van der Waals surface area contributed by atoms with E-state index in [-0.39, 0.29) is 5.92 Å². The van der Waals surface area contributed by atoms with E-state index in [1.807, 2.05) is 0 Å². The second kappa shape index (κ2) is 6.31. The molecule has 3 heterocycles. The molecular formula is C14H18N4O2S2. The van der Waals surface area contributed by atoms with Crippen LogP contribution in [0.4, 0.5) is 5.82 Å². The minimum absolute atomic E-state index is 0.225. The fraction of sp³-hybridized carbons (Fsp3) is 0.429. The first-order valence-corrected chi connectivity index (χ1v) is 9.48. The van der Waals surface area contributed by atoms with Gasteiger partial charge in [-0.1, -0.05) is 6.07 Å². The highest BCUT2D eigenvalue weighted by Gasteiger charge is 2.31. The number of nitrogens with zero attached hydrogens (tertiary/aromatic N) is 3. The van der Waals surface area contributed by atoms with Gasteiger partial charge in [-0.05, 0) is 36.6 Å². The number of sulfonamides is 1. The van der Waals surface area contributed by atoms with E-state index in [2.05, 4.69) is 9.97 Å². The Balaban J connectivity index is 1.74. The molecule has 1 fully saturated rings. The zero-order chi connectivity index (χ0) is 15.6. The number of aromatic nitrogens is 2. The summed E-state index contributed by atoms with van der Waals surface area (Å²) in [6.45, 7) is 1.09. The van der Waals surface area contributed by atoms with E-state index < -0.39 is 10.0 Å². The molecule has 2 N–H and O–H groups in total. The van der Waals surface area contributed by atoms with Crippen molar-refractivity contribution >= 4 is 27.2 Å². The topological polar surface area (TPSA) is 89.2 Å². The summed E-state index contributed by atoms with van der Waals surface area (Å²) in [7, 11) is -3.37. The summed E-state index contributed by atoms with van der Waals surface area (Å²) < 4.78 is 27.2. The summed E-state index contributed by atoms with van der Waals surface area (Å²) in [6.07, 6.45) is 5.68. The minimum Gasteiger partial charge on any atom is -0.382 e. The molecule has 1 atom stereocenters. The van der Waals surface area contributed by atoms with Gasteiger partial charge in [-0.25, -0.2) is 13.4 Å². The van der Waals surface area contributed by atoms with Gasteiger partial charge in [0.25, 0.3) is 10.0 Å². The van der Waals surface area contributed by atoms with Crippen molar-refractivity contribution in [3.8, 4) is 0 Å². The molecule has 0 aliphatic carbocycles. The van der Waals surface area contributed by atoms with Gasteiger partial charge in [0.05, 0.1) is 5.69 Å². The number of nitrogen functional groups attached to an aromatic ring is 1. The van der Waals surface area contributed by atoms with Crippen LogP contribution < -0.4 is 5.73 Å². The van der Waals surface area contributed by atoms with E-state index >= 15 is 0 Å². The first-order valence-electron chi connectivity index (χ1n) is 7.16. The Labute approximate surface area is 134 Å². The van der Waals surface area contributed by atoms with Crippen molar-refractivity contribution < 1.29 is 8.42 Å². The van der Waals surface area contributed by atoms with Crippen LogP contribution in [0, 0.1) is 5.92 Å². The average Bonchev–Trinajstić information content (AvgIpc) is 3.05. The van der Waals surface area contributed by atoms with Gasteiger partial charge in [-0.2, -0.15) is 4.31 Å². The molecule has 0 amide bonds. The molecule has 0 aromatic carbocycles. The summed E-state index contributed by atoms with van der Waals surface area (Å²) in [6, 6.07) is 3.42. The predicted molar refractivity (Wildman–Crippen MR) is 86.0 cm³/mol. The molecule has 0 radical (unpaired) electrons. The van der Waals surface area contributed by atoms with Gasteiger partial charge < -0.3 is 5.73 Å². The number of rotatable bonds is 4. The third kappa shape index (κ3) is 3.13. The fourth-order valence-corrected chi connectivity index (χ4v) is 5.46. The third-order valence-corrected chi connectivity index (χ3v) is 7.10. The van der Waals surface area contributed by atoms with Crippen molar-refractivity contribution in [2.24, 2.45) is 5.92 Å². The lowest BCUT2D eigenvalue weighted by molar-refractivity contribution is 0.264. The number of hydrogen-bond donors (Lipinski definition) is 1. The quantitative estimate of drug-likeness (QED) is 0.917. The van der Waals surface area contributed by atoms with Crippen LogP contribution in [-0.2, 0) is 16.4 Å². The first-order chi connectivity index (χ1) is 10.6. The highest BCUT2D eigenvalue weighted by atomic mass is 32.2. The maximum Gasteiger partial charge on any atom is 0.252 e. The smallest absolute Gasteiger partial charge is 0.252 e. The van der Waals surface area contributed by atoms with Crippen LogP contribution in [0.5, 0.6) is 0 Å². The number of thiophene rings is 1. The summed E-state index contributed by atoms with van der Waals surface area (Å²) in [5.74, 6) is 0.656. The van der Waals surface area contributed by atoms with Crippen LogP contribution in [0.2, 0.25) is 0 Å². The molecule has 2 aromatic rings. The van der Waals surface area contributed by atoms with Gasteiger partial charge >= 0.3 is 0 Å². The highest BCUT2D eigenvalue weighted by molar-refractivity contribution is 7.91. The monoisotopic (exact) mass is 338 g/mol. The molecule has 1 saturated heterocycles. The molecule has 2 aromatic heterocycles. The van der Waals surface area contributed by atoms with E-state index in [1.54, 1.807) is 34.2 Å². The molecule has 0 bridgehead atoms. The minimum atomic E-state index is -3.37. The van der Waals surface area contributed by atoms with Gasteiger partial charge in [0.2, 0.25) is 0 Å². The van der Waals surface area contributed by atoms with E-state index in [0.717, 1.165) is 18.5 Å². The molecule has 22 heavy (non-hydrogen) atoms. The maximum atomic E-state index is 12.6. The molecule has 118 valence electrons. The molecule has 1 aliphatic rings. The molecule has 0 saturated carbocycles. The van der Waals surface area contributed by atoms with Crippen LogP contribution in [0.1, 0.15) is 18.5 Å². The van der Waals surface area contributed by atoms with Crippen LogP contribution in [0.25, 0.3) is 0 Å². The average molecular weight is 338 g/mol. The fourth-order valence-electron chi connectivity index (χ4n) is 2.76. The first kappa shape index (κ1) is 15.4. The Morgan fingerprint density at radius 2 is 2.18 bits per heavy atom. The Morgan fingerprint density at radius 3 is 2.91 bits per heavy atom. The Hall–Kier alpha value is -1.51. The number of anilines is 1. The third-order valence-electron chi connectivity index (χ3n) is 3.86. The van der Waals surface area contributed by atoms with E-state index in [1.165, 1.54) is 11.3 Å². The van der Waals surface area contributed by atoms with Gasteiger partial charge in [-0.15, -0.1) is 11.3 Å². The van der Waals surface area contributed by atoms with Gasteiger partial charge in [0, 0.05) is 25.5 Å². The van der Waals surface area contributed by atoms with Crippen molar-refractivity contribution in [2.45, 2.75) is 23.5 Å². The van der Waals surface area contributed by atoms with Gasteiger partial charge in [-0.3, -0.25) is 4.98 Å². The zero-order valence-electron chi connectivity index (χ0n) is 12.1. The van der Waals surface area contributed by atoms with E-state index in [0.29, 0.717) is 29.5 Å². The molecule has 0 spiro atoms. The molecular weight excluding hydrogens is 320 g/mol. The molecule has 1 aliphatic heterocycles. The maximum absolute atomic E-state index is 12.6. The molecule has 8 heteroatoms. The highest BCUT2D eigenvalue weighted by Crippen LogP contribution is 2.28. The Kier molecular flexibility index (Phi) is 4.42. The van der Waals surface area contributed by atoms with Crippen molar-refractivity contribution in [1.82, 2.24) is 14.3 Å². The van der Waals surface area contributed by atoms with Gasteiger partial charge in [0.1, 0.15) is 10.0 Å². The van der Waals surface area contributed by atoms with Crippen LogP contribution in [0.15, 0.2) is 34.1 Å². The molecule has 6 nitrogen and oxygen atoms in total. The summed E-state index contributed by atoms with van der Waals surface area (Å²) in [5, 5.41) is 1.79. The molecule has 3 rings (SSSR count). The van der Waals surface area contributed by atoms with Crippen molar-refractivity contribution in [1.29, 1.82) is 0 Å². The normalized spacial score (nSPS) is 20.1. The van der Waals surface area contributed by atoms with E-state index in [9.17, 15) is 8.42 Å². The second-order valence-corrected chi connectivity index (χ2v) is 8.51. The van der Waals surface area contributed by atoms with E-state index in [4.69, 9.17) is 5.73 Å². The largest absolute Gasteiger partial charge is 0.382 e. The van der Waals surface area contributed by atoms with Crippen molar-refractivity contribution in [2.75, 3.05) is 18.8 Å². The Bertz CT molecular complexity index is 731. The standard InChI is InChI=1S/C14H18N4O2S2/c15-14-12(16-5-6-17-14)9-11-3-1-7-18(10-11)22(19,20)13-4-2-8-21-13/h2,4-6,8,11H,1,3,7,9-10H2,(H2,15,17). The number of nitrogens with two attached hydrogens (primary N) is 1. The lowest BCUT2D eigenvalue weighted by atomic mass is 9.94. The summed E-state index contributed by atoms with van der Waals surface area (Å²) in [5.41, 5.74) is 6.58. The van der Waals surface area contributed by atoms with Crippen molar-refractivity contribution in [3.63, 3.8) is 0 Å². The predicted octanol–water partition coefficient (Wildman–Crippen LogP) is 1.76. The summed E-state index contributed by atoms with van der Waals surface area (Å²) in [4.78, 5) is 8.29. The van der Waals surface area contributed by atoms with Gasteiger partial charge in [0.15, 0.2) is 0 Å². The van der Waals surface area contributed by atoms with Crippen LogP contribution in [0.3, 0.4) is 0 Å². The SMILES string of the molecule is Nc1nccnc1CC1CCCN(S(=O)(=O)c2cccs2)C1. The number of hydrogen-bond acceptors (Lipinski definition) is 6. The van der Waals surface area contributed by atoms with Crippen molar-refractivity contribution in [3.05, 3.63) is 35.6 Å². The lowest BCUT2D eigenvalue weighted by Crippen LogP contribution is -2.40.